The summed E-state index contributed by atoms with van der Waals surface area (Å²) >= 11 is 0. The number of hydrogen-bond donors (Lipinski definition) is 0. The van der Waals surface area contributed by atoms with Crippen molar-refractivity contribution in [2.24, 2.45) is 5.41 Å². The van der Waals surface area contributed by atoms with Crippen LogP contribution in [-0.2, 0) is 4.74 Å². The number of hydrogen-bond acceptors (Lipinski definition) is 3. The number of methoxy groups -OCH3 is 1. The van der Waals surface area contributed by atoms with Gasteiger partial charge in [-0.2, -0.15) is 0 Å². The van der Waals surface area contributed by atoms with Crippen molar-refractivity contribution < 1.29 is 9.53 Å². The summed E-state index contributed by atoms with van der Waals surface area (Å²) < 4.78 is 5.63. The maximum Gasteiger partial charge on any atom is 0.255 e. The lowest BCUT2D eigenvalue weighted by Gasteiger charge is -2.61. The zero-order valence-electron chi connectivity index (χ0n) is 13.2. The molecule has 2 atom stereocenters. The number of aryl methyl sites for hydroxylation is 1. The molecule has 0 N–H and O–H groups in total. The van der Waals surface area contributed by atoms with Crippen molar-refractivity contribution in [2.75, 3.05) is 14.2 Å². The van der Waals surface area contributed by atoms with E-state index < -0.39 is 0 Å². The maximum atomic E-state index is 12.6. The van der Waals surface area contributed by atoms with Gasteiger partial charge in [0.2, 0.25) is 0 Å². The molecular weight excluding hydrogens is 252 g/mol. The molecule has 2 unspecified atom stereocenters. The average Bonchev–Trinajstić information content (AvgIpc) is 2.43. The van der Waals surface area contributed by atoms with Gasteiger partial charge in [-0.25, -0.2) is 0 Å². The molecule has 0 aromatic carbocycles. The highest BCUT2D eigenvalue weighted by Gasteiger charge is 2.59. The monoisotopic (exact) mass is 276 g/mol. The van der Waals surface area contributed by atoms with Crippen molar-refractivity contribution in [1.82, 2.24) is 9.88 Å². The summed E-state index contributed by atoms with van der Waals surface area (Å²) in [5.74, 6) is 0.0341. The Morgan fingerprint density at radius 2 is 2.10 bits per heavy atom. The minimum absolute atomic E-state index is 0.0341. The second kappa shape index (κ2) is 4.85. The minimum Gasteiger partial charge on any atom is -0.378 e. The molecule has 0 saturated heterocycles. The van der Waals surface area contributed by atoms with Gasteiger partial charge in [0, 0.05) is 37.5 Å². The van der Waals surface area contributed by atoms with Crippen LogP contribution in [0.1, 0.15) is 43.2 Å². The average molecular weight is 276 g/mol. The summed E-state index contributed by atoms with van der Waals surface area (Å²) in [5, 5.41) is 0. The first-order chi connectivity index (χ1) is 9.24. The van der Waals surface area contributed by atoms with Crippen LogP contribution in [-0.4, -0.2) is 41.6 Å². The number of amides is 1. The zero-order valence-corrected chi connectivity index (χ0v) is 13.2. The summed E-state index contributed by atoms with van der Waals surface area (Å²) in [5.41, 5.74) is 1.21. The van der Waals surface area contributed by atoms with Gasteiger partial charge in [-0.05, 0) is 32.4 Å². The predicted molar refractivity (Wildman–Crippen MR) is 78.7 cm³/mol. The van der Waals surface area contributed by atoms with Gasteiger partial charge < -0.3 is 9.64 Å². The van der Waals surface area contributed by atoms with Crippen molar-refractivity contribution in [3.05, 3.63) is 29.6 Å². The molecule has 1 fully saturated rings. The number of carbonyl (C=O) groups is 1. The lowest BCUT2D eigenvalue weighted by atomic mass is 9.55. The second-order valence-corrected chi connectivity index (χ2v) is 6.43. The summed E-state index contributed by atoms with van der Waals surface area (Å²) in [6.45, 7) is 8.29. The molecule has 2 rings (SSSR count). The molecule has 1 saturated carbocycles. The first kappa shape index (κ1) is 15.0. The Morgan fingerprint density at radius 1 is 1.45 bits per heavy atom. The summed E-state index contributed by atoms with van der Waals surface area (Å²) in [4.78, 5) is 18.7. The summed E-state index contributed by atoms with van der Waals surface area (Å²) in [6.07, 6.45) is 2.57. The van der Waals surface area contributed by atoms with Crippen LogP contribution in [0.5, 0.6) is 0 Å². The lowest BCUT2D eigenvalue weighted by Crippen LogP contribution is -2.68. The number of pyridine rings is 1. The molecule has 1 aromatic heterocycles. The molecule has 110 valence electrons. The van der Waals surface area contributed by atoms with Gasteiger partial charge in [-0.15, -0.1) is 0 Å². The number of ether oxygens (including phenoxy) is 1. The van der Waals surface area contributed by atoms with Gasteiger partial charge in [0.05, 0.1) is 11.2 Å². The normalized spacial score (nSPS) is 27.8. The first-order valence-electron chi connectivity index (χ1n) is 6.98. The molecule has 1 amide bonds. The Balaban J connectivity index is 2.20. The lowest BCUT2D eigenvalue weighted by molar-refractivity contribution is -0.198. The first-order valence-corrected chi connectivity index (χ1v) is 6.98. The highest BCUT2D eigenvalue weighted by Crippen LogP contribution is 2.53. The quantitative estimate of drug-likeness (QED) is 0.852. The van der Waals surface area contributed by atoms with Crippen LogP contribution in [0.25, 0.3) is 0 Å². The minimum atomic E-state index is -0.170. The molecule has 20 heavy (non-hydrogen) atoms. The van der Waals surface area contributed by atoms with Gasteiger partial charge in [0.25, 0.3) is 5.91 Å². The fourth-order valence-corrected chi connectivity index (χ4v) is 3.12. The number of aromatic nitrogens is 1. The molecule has 1 aliphatic carbocycles. The SMILES string of the molecule is COC1(C)CC(N(C)C(=O)c2cccnc2C)C1(C)C. The molecule has 4 heteroatoms. The van der Waals surface area contributed by atoms with Crippen molar-refractivity contribution in [1.29, 1.82) is 0 Å². The van der Waals surface area contributed by atoms with E-state index >= 15 is 0 Å². The van der Waals surface area contributed by atoms with Crippen LogP contribution in [0.2, 0.25) is 0 Å². The van der Waals surface area contributed by atoms with E-state index in [4.69, 9.17) is 4.74 Å². The maximum absolute atomic E-state index is 12.6. The fraction of sp³-hybridized carbons (Fsp3) is 0.625. The molecule has 1 aromatic rings. The van der Waals surface area contributed by atoms with E-state index in [9.17, 15) is 4.79 Å². The van der Waals surface area contributed by atoms with E-state index in [1.807, 2.05) is 24.9 Å². The van der Waals surface area contributed by atoms with E-state index in [2.05, 4.69) is 25.8 Å². The largest absolute Gasteiger partial charge is 0.378 e. The van der Waals surface area contributed by atoms with Crippen molar-refractivity contribution in [3.63, 3.8) is 0 Å². The van der Waals surface area contributed by atoms with E-state index in [0.29, 0.717) is 5.56 Å². The summed E-state index contributed by atoms with van der Waals surface area (Å²) in [7, 11) is 3.61. The molecule has 4 nitrogen and oxygen atoms in total. The Hall–Kier alpha value is -1.42. The van der Waals surface area contributed by atoms with E-state index in [-0.39, 0.29) is 23.0 Å². The highest BCUT2D eigenvalue weighted by atomic mass is 16.5. The van der Waals surface area contributed by atoms with Crippen molar-refractivity contribution in [3.8, 4) is 0 Å². The van der Waals surface area contributed by atoms with Gasteiger partial charge in [0.15, 0.2) is 0 Å². The van der Waals surface area contributed by atoms with Gasteiger partial charge in [-0.1, -0.05) is 13.8 Å². The molecule has 1 aliphatic rings. The molecule has 0 spiro atoms. The van der Waals surface area contributed by atoms with Crippen molar-refractivity contribution in [2.45, 2.75) is 45.8 Å². The van der Waals surface area contributed by atoms with E-state index in [1.54, 1.807) is 19.4 Å². The Kier molecular flexibility index (Phi) is 3.63. The molecule has 0 radical (unpaired) electrons. The topological polar surface area (TPSA) is 42.4 Å². The van der Waals surface area contributed by atoms with Crippen LogP contribution in [0.3, 0.4) is 0 Å². The van der Waals surface area contributed by atoms with Gasteiger partial charge in [-0.3, -0.25) is 9.78 Å². The van der Waals surface area contributed by atoms with Crippen LogP contribution >= 0.6 is 0 Å². The van der Waals surface area contributed by atoms with Crippen LogP contribution in [0, 0.1) is 12.3 Å². The number of nitrogens with zero attached hydrogens (tertiary/aromatic N) is 2. The molecule has 0 aliphatic heterocycles. The Morgan fingerprint density at radius 3 is 2.60 bits per heavy atom. The third-order valence-electron chi connectivity index (χ3n) is 5.25. The number of rotatable bonds is 3. The van der Waals surface area contributed by atoms with Crippen LogP contribution < -0.4 is 0 Å². The summed E-state index contributed by atoms with van der Waals surface area (Å²) in [6, 6.07) is 3.82. The predicted octanol–water partition coefficient (Wildman–Crippen LogP) is 2.67. The molecule has 0 bridgehead atoms. The van der Waals surface area contributed by atoms with Gasteiger partial charge >= 0.3 is 0 Å². The Labute approximate surface area is 121 Å². The van der Waals surface area contributed by atoms with Crippen molar-refractivity contribution >= 4 is 5.91 Å². The van der Waals surface area contributed by atoms with Crippen LogP contribution in [0.15, 0.2) is 18.3 Å². The van der Waals surface area contributed by atoms with Gasteiger partial charge in [0.1, 0.15) is 0 Å². The van der Waals surface area contributed by atoms with E-state index in [1.165, 1.54) is 0 Å². The zero-order chi connectivity index (χ0) is 15.1. The fourth-order valence-electron chi connectivity index (χ4n) is 3.12. The van der Waals surface area contributed by atoms with Crippen LogP contribution in [0.4, 0.5) is 0 Å². The third kappa shape index (κ3) is 2.03. The molecular formula is C16H24N2O2. The standard InChI is InChI=1S/C16H24N2O2/c1-11-12(8-7-9-17-11)14(19)18(5)13-10-16(4,20-6)15(13,2)3/h7-9,13H,10H2,1-6H3. The molecule has 1 heterocycles. The van der Waals surface area contributed by atoms with E-state index in [0.717, 1.165) is 12.1 Å². The third-order valence-corrected chi connectivity index (χ3v) is 5.25. The second-order valence-electron chi connectivity index (χ2n) is 6.43. The Bertz CT molecular complexity index is 527. The highest BCUT2D eigenvalue weighted by molar-refractivity contribution is 5.95. The number of carbonyl (C=O) groups excluding carboxylic acids is 1. The smallest absolute Gasteiger partial charge is 0.255 e.